The number of hydrogen-bond donors (Lipinski definition) is 1. The molecule has 1 nitrogen and oxygen atoms in total. The van der Waals surface area contributed by atoms with Crippen molar-refractivity contribution < 1.29 is 5.11 Å². The minimum Gasteiger partial charge on any atom is -0.389 e. The van der Waals surface area contributed by atoms with E-state index >= 15 is 0 Å². The van der Waals surface area contributed by atoms with Crippen molar-refractivity contribution in [3.05, 3.63) is 0 Å². The molecule has 0 aromatic heterocycles. The second-order valence-corrected chi connectivity index (χ2v) is 3.53. The zero-order valence-electron chi connectivity index (χ0n) is 6.43. The lowest BCUT2D eigenvalue weighted by Crippen LogP contribution is -2.23. The van der Waals surface area contributed by atoms with Gasteiger partial charge in [-0.25, -0.2) is 0 Å². The summed E-state index contributed by atoms with van der Waals surface area (Å²) in [4.78, 5) is 0. The zero-order valence-corrected chi connectivity index (χ0v) is 6.43. The number of rotatable bonds is 3. The first-order chi connectivity index (χ1) is 4.64. The summed E-state index contributed by atoms with van der Waals surface area (Å²) in [6, 6.07) is 0. The van der Waals surface area contributed by atoms with Gasteiger partial charge in [-0.3, -0.25) is 0 Å². The first-order valence-corrected chi connectivity index (χ1v) is 3.80. The molecule has 1 N–H and O–H groups in total. The second-order valence-electron chi connectivity index (χ2n) is 3.53. The van der Waals surface area contributed by atoms with Crippen LogP contribution in [0.2, 0.25) is 0 Å². The Morgan fingerprint density at radius 2 is 2.30 bits per heavy atom. The normalized spacial score (nSPS) is 23.3. The highest BCUT2D eigenvalue weighted by atomic mass is 16.3. The maximum Gasteiger partial charge on any atom is 0.0731 e. The average molecular weight is 138 g/mol. The Morgan fingerprint density at radius 3 is 2.70 bits per heavy atom. The molecular formula is C9H14O. The van der Waals surface area contributed by atoms with E-state index in [1.807, 2.05) is 6.92 Å². The summed E-state index contributed by atoms with van der Waals surface area (Å²) in [5, 5.41) is 9.58. The van der Waals surface area contributed by atoms with Crippen LogP contribution in [0.15, 0.2) is 0 Å². The summed E-state index contributed by atoms with van der Waals surface area (Å²) in [5.41, 5.74) is -0.601. The molecule has 1 rings (SSSR count). The largest absolute Gasteiger partial charge is 0.389 e. The molecule has 0 heterocycles. The van der Waals surface area contributed by atoms with E-state index in [0.29, 0.717) is 6.42 Å². The van der Waals surface area contributed by atoms with Crippen LogP contribution in [-0.2, 0) is 0 Å². The van der Waals surface area contributed by atoms with E-state index < -0.39 is 5.60 Å². The van der Waals surface area contributed by atoms with Crippen LogP contribution in [0.25, 0.3) is 0 Å². The maximum absolute atomic E-state index is 9.58. The molecule has 1 atom stereocenters. The molecule has 1 heteroatoms. The first kappa shape index (κ1) is 7.63. The van der Waals surface area contributed by atoms with Crippen molar-refractivity contribution >= 4 is 0 Å². The van der Waals surface area contributed by atoms with Crippen molar-refractivity contribution in [1.82, 2.24) is 0 Å². The molecule has 1 aliphatic carbocycles. The summed E-state index contributed by atoms with van der Waals surface area (Å²) in [7, 11) is 0. The van der Waals surface area contributed by atoms with E-state index in [1.54, 1.807) is 0 Å². The highest BCUT2D eigenvalue weighted by molar-refractivity contribution is 4.95. The summed E-state index contributed by atoms with van der Waals surface area (Å²) >= 11 is 0. The van der Waals surface area contributed by atoms with Crippen LogP contribution in [0.4, 0.5) is 0 Å². The standard InChI is InChI=1S/C9H14O/c1-3-6-9(2,10)7-8-4-5-8/h1,8,10H,4-7H2,2H3. The lowest BCUT2D eigenvalue weighted by Gasteiger charge is -2.19. The van der Waals surface area contributed by atoms with Gasteiger partial charge in [0.1, 0.15) is 0 Å². The quantitative estimate of drug-likeness (QED) is 0.587. The van der Waals surface area contributed by atoms with Gasteiger partial charge in [-0.1, -0.05) is 12.8 Å². The molecule has 0 aliphatic heterocycles. The monoisotopic (exact) mass is 138 g/mol. The van der Waals surface area contributed by atoms with E-state index in [-0.39, 0.29) is 0 Å². The smallest absolute Gasteiger partial charge is 0.0731 e. The second kappa shape index (κ2) is 2.64. The van der Waals surface area contributed by atoms with Crippen molar-refractivity contribution in [1.29, 1.82) is 0 Å². The molecule has 56 valence electrons. The summed E-state index contributed by atoms with van der Waals surface area (Å²) in [6.07, 6.45) is 9.03. The topological polar surface area (TPSA) is 20.2 Å². The predicted octanol–water partition coefficient (Wildman–Crippen LogP) is 1.56. The molecule has 0 radical (unpaired) electrons. The Kier molecular flexibility index (Phi) is 2.01. The van der Waals surface area contributed by atoms with E-state index in [9.17, 15) is 5.11 Å². The van der Waals surface area contributed by atoms with Gasteiger partial charge < -0.3 is 5.11 Å². The fraction of sp³-hybridized carbons (Fsp3) is 0.778. The van der Waals surface area contributed by atoms with E-state index in [0.717, 1.165) is 12.3 Å². The third-order valence-electron chi connectivity index (χ3n) is 1.91. The lowest BCUT2D eigenvalue weighted by atomic mass is 9.96. The predicted molar refractivity (Wildman–Crippen MR) is 41.4 cm³/mol. The van der Waals surface area contributed by atoms with Crippen LogP contribution in [0.5, 0.6) is 0 Å². The van der Waals surface area contributed by atoms with Crippen LogP contribution in [0.1, 0.15) is 32.6 Å². The Bertz CT molecular complexity index is 149. The summed E-state index contributed by atoms with van der Waals surface area (Å²) in [5.74, 6) is 3.24. The average Bonchev–Trinajstić information content (AvgIpc) is 2.48. The van der Waals surface area contributed by atoms with Crippen LogP contribution < -0.4 is 0 Å². The molecule has 0 amide bonds. The van der Waals surface area contributed by atoms with Crippen molar-refractivity contribution in [2.75, 3.05) is 0 Å². The number of terminal acetylenes is 1. The molecule has 10 heavy (non-hydrogen) atoms. The van der Waals surface area contributed by atoms with Gasteiger partial charge in [0.15, 0.2) is 0 Å². The highest BCUT2D eigenvalue weighted by Crippen LogP contribution is 2.37. The fourth-order valence-corrected chi connectivity index (χ4v) is 1.24. The minimum atomic E-state index is -0.601. The van der Waals surface area contributed by atoms with E-state index in [2.05, 4.69) is 5.92 Å². The van der Waals surface area contributed by atoms with Crippen molar-refractivity contribution in [2.24, 2.45) is 5.92 Å². The Hall–Kier alpha value is -0.480. The van der Waals surface area contributed by atoms with E-state index in [1.165, 1.54) is 12.8 Å². The number of aliphatic hydroxyl groups is 1. The van der Waals surface area contributed by atoms with Gasteiger partial charge in [-0.15, -0.1) is 12.3 Å². The van der Waals surface area contributed by atoms with E-state index in [4.69, 9.17) is 6.42 Å². The van der Waals surface area contributed by atoms with Gasteiger partial charge in [-0.05, 0) is 19.3 Å². The molecule has 1 saturated carbocycles. The molecule has 0 aromatic carbocycles. The van der Waals surface area contributed by atoms with Gasteiger partial charge in [0.05, 0.1) is 5.60 Å². The summed E-state index contributed by atoms with van der Waals surface area (Å²) in [6.45, 7) is 1.82. The van der Waals surface area contributed by atoms with Gasteiger partial charge >= 0.3 is 0 Å². The molecule has 1 aliphatic rings. The minimum absolute atomic E-state index is 0.490. The SMILES string of the molecule is C#CCC(C)(O)CC1CC1. The highest BCUT2D eigenvalue weighted by Gasteiger charge is 2.30. The zero-order chi connectivity index (χ0) is 7.61. The molecule has 0 saturated heterocycles. The fourth-order valence-electron chi connectivity index (χ4n) is 1.24. The molecule has 1 unspecified atom stereocenters. The molecule has 1 fully saturated rings. The van der Waals surface area contributed by atoms with Crippen molar-refractivity contribution in [3.8, 4) is 12.3 Å². The number of hydrogen-bond acceptors (Lipinski definition) is 1. The van der Waals surface area contributed by atoms with Gasteiger partial charge in [0.2, 0.25) is 0 Å². The molecular weight excluding hydrogens is 124 g/mol. The van der Waals surface area contributed by atoms with Crippen LogP contribution in [0, 0.1) is 18.3 Å². The van der Waals surface area contributed by atoms with Crippen molar-refractivity contribution in [3.63, 3.8) is 0 Å². The first-order valence-electron chi connectivity index (χ1n) is 3.80. The van der Waals surface area contributed by atoms with Crippen molar-refractivity contribution in [2.45, 2.75) is 38.2 Å². The van der Waals surface area contributed by atoms with Crippen LogP contribution in [-0.4, -0.2) is 10.7 Å². The van der Waals surface area contributed by atoms with Gasteiger partial charge in [-0.2, -0.15) is 0 Å². The molecule has 0 spiro atoms. The lowest BCUT2D eigenvalue weighted by molar-refractivity contribution is 0.0504. The maximum atomic E-state index is 9.58. The molecule has 0 aromatic rings. The van der Waals surface area contributed by atoms with Crippen LogP contribution >= 0.6 is 0 Å². The van der Waals surface area contributed by atoms with Gasteiger partial charge in [0, 0.05) is 6.42 Å². The Morgan fingerprint density at radius 1 is 1.70 bits per heavy atom. The van der Waals surface area contributed by atoms with Gasteiger partial charge in [0.25, 0.3) is 0 Å². The Balaban J connectivity index is 2.27. The molecule has 0 bridgehead atoms. The Labute approximate surface area is 62.4 Å². The summed E-state index contributed by atoms with van der Waals surface area (Å²) < 4.78 is 0. The third kappa shape index (κ3) is 2.41. The third-order valence-corrected chi connectivity index (χ3v) is 1.91. The van der Waals surface area contributed by atoms with Crippen LogP contribution in [0.3, 0.4) is 0 Å².